The Morgan fingerprint density at radius 2 is 2.27 bits per heavy atom. The van der Waals surface area contributed by atoms with Crippen LogP contribution in [0, 0.1) is 0 Å². The molecule has 1 fully saturated rings. The Labute approximate surface area is 100 Å². The molecule has 0 aromatic carbocycles. The second kappa shape index (κ2) is 5.15. The molecule has 1 saturated carbocycles. The maximum atomic E-state index is 4.53. The molecule has 2 nitrogen and oxygen atoms in total. The van der Waals surface area contributed by atoms with Crippen LogP contribution in [-0.4, -0.2) is 14.4 Å². The van der Waals surface area contributed by atoms with Gasteiger partial charge < -0.3 is 4.57 Å². The summed E-state index contributed by atoms with van der Waals surface area (Å²) in [6, 6.07) is 0. The van der Waals surface area contributed by atoms with Crippen LogP contribution in [0.3, 0.4) is 0 Å². The first-order chi connectivity index (χ1) is 7.29. The van der Waals surface area contributed by atoms with Gasteiger partial charge in [0.15, 0.2) is 0 Å². The van der Waals surface area contributed by atoms with E-state index in [0.717, 1.165) is 6.54 Å². The molecule has 0 N–H and O–H groups in total. The molecular formula is C12H19BrN2. The Balaban J connectivity index is 2.07. The third-order valence-electron chi connectivity index (χ3n) is 3.30. The molecule has 0 spiro atoms. The quantitative estimate of drug-likeness (QED) is 0.592. The Morgan fingerprint density at radius 1 is 1.47 bits per heavy atom. The topological polar surface area (TPSA) is 17.8 Å². The van der Waals surface area contributed by atoms with Crippen LogP contribution >= 0.6 is 15.9 Å². The zero-order valence-electron chi connectivity index (χ0n) is 9.32. The number of halogens is 1. The summed E-state index contributed by atoms with van der Waals surface area (Å²) in [5.74, 6) is 0.671. The van der Waals surface area contributed by atoms with Crippen LogP contribution in [0.25, 0.3) is 0 Å². The first-order valence-corrected chi connectivity index (χ1v) is 6.87. The molecule has 2 rings (SSSR count). The third-order valence-corrected chi connectivity index (χ3v) is 4.13. The summed E-state index contributed by atoms with van der Waals surface area (Å²) in [6.07, 6.45) is 10.8. The van der Waals surface area contributed by atoms with Crippen LogP contribution < -0.4 is 0 Å². The highest BCUT2D eigenvalue weighted by Gasteiger charge is 2.21. The fourth-order valence-electron chi connectivity index (χ4n) is 2.33. The summed E-state index contributed by atoms with van der Waals surface area (Å²) >= 11 is 3.77. The molecule has 3 heteroatoms. The molecule has 15 heavy (non-hydrogen) atoms. The number of aryl methyl sites for hydroxylation is 1. The molecule has 1 aromatic heterocycles. The Kier molecular flexibility index (Phi) is 3.84. The van der Waals surface area contributed by atoms with Crippen LogP contribution in [0.5, 0.6) is 0 Å². The van der Waals surface area contributed by atoms with Crippen molar-refractivity contribution in [2.45, 2.75) is 56.3 Å². The minimum Gasteiger partial charge on any atom is -0.337 e. The number of aromatic nitrogens is 2. The van der Waals surface area contributed by atoms with Gasteiger partial charge in [0.2, 0.25) is 0 Å². The smallest absolute Gasteiger partial charge is 0.0949 e. The lowest BCUT2D eigenvalue weighted by molar-refractivity contribution is 0.586. The minimum absolute atomic E-state index is 0.671. The summed E-state index contributed by atoms with van der Waals surface area (Å²) in [5.41, 5.74) is 1.29. The van der Waals surface area contributed by atoms with E-state index >= 15 is 0 Å². The molecule has 0 aliphatic heterocycles. The SMILES string of the molecule is CCn1cnc(C2CCCCC(Br)C2)c1. The van der Waals surface area contributed by atoms with E-state index in [1.807, 2.05) is 6.33 Å². The molecule has 0 radical (unpaired) electrons. The molecule has 1 aliphatic carbocycles. The van der Waals surface area contributed by atoms with Crippen LogP contribution in [0.2, 0.25) is 0 Å². The van der Waals surface area contributed by atoms with Crippen molar-refractivity contribution in [3.8, 4) is 0 Å². The lowest BCUT2D eigenvalue weighted by Gasteiger charge is -2.13. The van der Waals surface area contributed by atoms with Crippen molar-refractivity contribution in [1.29, 1.82) is 0 Å². The molecule has 0 saturated heterocycles. The Hall–Kier alpha value is -0.310. The third kappa shape index (κ3) is 2.83. The van der Waals surface area contributed by atoms with Gasteiger partial charge >= 0.3 is 0 Å². The molecule has 2 unspecified atom stereocenters. The molecular weight excluding hydrogens is 252 g/mol. The van der Waals surface area contributed by atoms with Gasteiger partial charge in [-0.25, -0.2) is 4.98 Å². The van der Waals surface area contributed by atoms with Crippen molar-refractivity contribution in [3.05, 3.63) is 18.2 Å². The fourth-order valence-corrected chi connectivity index (χ4v) is 3.11. The minimum atomic E-state index is 0.671. The summed E-state index contributed by atoms with van der Waals surface area (Å²) in [7, 11) is 0. The monoisotopic (exact) mass is 270 g/mol. The van der Waals surface area contributed by atoms with E-state index in [1.54, 1.807) is 0 Å². The van der Waals surface area contributed by atoms with Gasteiger partial charge in [0, 0.05) is 23.5 Å². The fraction of sp³-hybridized carbons (Fsp3) is 0.750. The van der Waals surface area contributed by atoms with E-state index in [2.05, 4.69) is 38.6 Å². The molecule has 0 amide bonds. The van der Waals surface area contributed by atoms with Gasteiger partial charge in [0.05, 0.1) is 12.0 Å². The maximum Gasteiger partial charge on any atom is 0.0949 e. The lowest BCUT2D eigenvalue weighted by atomic mass is 9.97. The van der Waals surface area contributed by atoms with E-state index in [-0.39, 0.29) is 0 Å². The van der Waals surface area contributed by atoms with Crippen LogP contribution in [0.1, 0.15) is 50.6 Å². The number of imidazole rings is 1. The van der Waals surface area contributed by atoms with Crippen molar-refractivity contribution in [2.75, 3.05) is 0 Å². The van der Waals surface area contributed by atoms with Crippen LogP contribution in [0.4, 0.5) is 0 Å². The Morgan fingerprint density at radius 3 is 3.00 bits per heavy atom. The van der Waals surface area contributed by atoms with Crippen molar-refractivity contribution in [3.63, 3.8) is 0 Å². The van der Waals surface area contributed by atoms with Gasteiger partial charge in [-0.15, -0.1) is 0 Å². The molecule has 0 bridgehead atoms. The largest absolute Gasteiger partial charge is 0.337 e. The number of rotatable bonds is 2. The molecule has 84 valence electrons. The normalized spacial score (nSPS) is 27.6. The first kappa shape index (κ1) is 11.2. The number of hydrogen-bond donors (Lipinski definition) is 0. The van der Waals surface area contributed by atoms with E-state index < -0.39 is 0 Å². The average Bonchev–Trinajstić information content (AvgIpc) is 2.61. The van der Waals surface area contributed by atoms with E-state index in [9.17, 15) is 0 Å². The lowest BCUT2D eigenvalue weighted by Crippen LogP contribution is -2.04. The summed E-state index contributed by atoms with van der Waals surface area (Å²) in [5, 5.41) is 0. The van der Waals surface area contributed by atoms with E-state index in [0.29, 0.717) is 10.7 Å². The first-order valence-electron chi connectivity index (χ1n) is 5.95. The zero-order chi connectivity index (χ0) is 10.7. The van der Waals surface area contributed by atoms with Gasteiger partial charge in [0.25, 0.3) is 0 Å². The molecule has 1 heterocycles. The highest BCUT2D eigenvalue weighted by atomic mass is 79.9. The van der Waals surface area contributed by atoms with Gasteiger partial charge in [-0.3, -0.25) is 0 Å². The second-order valence-corrected chi connectivity index (χ2v) is 5.74. The average molecular weight is 271 g/mol. The van der Waals surface area contributed by atoms with Crippen molar-refractivity contribution >= 4 is 15.9 Å². The molecule has 1 aliphatic rings. The Bertz CT molecular complexity index is 308. The summed E-state index contributed by atoms with van der Waals surface area (Å²) in [4.78, 5) is 5.22. The number of nitrogens with zero attached hydrogens (tertiary/aromatic N) is 2. The van der Waals surface area contributed by atoms with E-state index in [4.69, 9.17) is 0 Å². The predicted molar refractivity (Wildman–Crippen MR) is 66.4 cm³/mol. The van der Waals surface area contributed by atoms with Crippen LogP contribution in [-0.2, 0) is 6.54 Å². The zero-order valence-corrected chi connectivity index (χ0v) is 10.9. The van der Waals surface area contributed by atoms with Crippen molar-refractivity contribution in [1.82, 2.24) is 9.55 Å². The molecule has 2 atom stereocenters. The highest BCUT2D eigenvalue weighted by molar-refractivity contribution is 9.09. The number of hydrogen-bond acceptors (Lipinski definition) is 1. The highest BCUT2D eigenvalue weighted by Crippen LogP contribution is 2.33. The van der Waals surface area contributed by atoms with Crippen molar-refractivity contribution < 1.29 is 0 Å². The van der Waals surface area contributed by atoms with Gasteiger partial charge in [-0.05, 0) is 26.2 Å². The van der Waals surface area contributed by atoms with Crippen molar-refractivity contribution in [2.24, 2.45) is 0 Å². The number of alkyl halides is 1. The van der Waals surface area contributed by atoms with Gasteiger partial charge in [0.1, 0.15) is 0 Å². The van der Waals surface area contributed by atoms with Crippen LogP contribution in [0.15, 0.2) is 12.5 Å². The summed E-state index contributed by atoms with van der Waals surface area (Å²) < 4.78 is 2.17. The maximum absolute atomic E-state index is 4.53. The second-order valence-electron chi connectivity index (χ2n) is 4.44. The molecule has 1 aromatic rings. The van der Waals surface area contributed by atoms with Gasteiger partial charge in [-0.1, -0.05) is 28.8 Å². The predicted octanol–water partition coefficient (Wildman–Crippen LogP) is 3.71. The van der Waals surface area contributed by atoms with Gasteiger partial charge in [-0.2, -0.15) is 0 Å². The van der Waals surface area contributed by atoms with E-state index in [1.165, 1.54) is 37.8 Å². The standard InChI is InChI=1S/C12H19BrN2/c1-2-15-8-12(14-9-15)10-5-3-4-6-11(13)7-10/h8-11H,2-7H2,1H3. The summed E-state index contributed by atoms with van der Waals surface area (Å²) in [6.45, 7) is 3.18.